The van der Waals surface area contributed by atoms with Crippen molar-refractivity contribution in [2.45, 2.75) is 39.3 Å². The van der Waals surface area contributed by atoms with Crippen molar-refractivity contribution in [2.24, 2.45) is 0 Å². The molecule has 1 unspecified atom stereocenters. The molecule has 1 aromatic rings. The summed E-state index contributed by atoms with van der Waals surface area (Å²) in [5, 5.41) is 8.85. The summed E-state index contributed by atoms with van der Waals surface area (Å²) >= 11 is 0. The number of aromatic amines is 1. The standard InChI is InChI=1S/C9H14N2O4.C3H8/c1-15-7(6-12)2-4-11-5-3-8(13)10-9(11)14;1-3-2/h3,5,7,12H,2,4,6H2,1H3,(H,10,13,14);3H2,1-2H3. The lowest BCUT2D eigenvalue weighted by molar-refractivity contribution is 0.0401. The lowest BCUT2D eigenvalue weighted by atomic mass is 10.2. The zero-order chi connectivity index (χ0) is 14.0. The number of H-pyrrole nitrogens is 1. The van der Waals surface area contributed by atoms with Gasteiger partial charge in [-0.05, 0) is 6.42 Å². The van der Waals surface area contributed by atoms with E-state index in [1.54, 1.807) is 0 Å². The quantitative estimate of drug-likeness (QED) is 0.798. The topological polar surface area (TPSA) is 84.3 Å². The molecule has 1 heterocycles. The Kier molecular flexibility index (Phi) is 8.86. The van der Waals surface area contributed by atoms with E-state index in [2.05, 4.69) is 18.8 Å². The summed E-state index contributed by atoms with van der Waals surface area (Å²) in [7, 11) is 1.50. The normalized spacial score (nSPS) is 11.6. The van der Waals surface area contributed by atoms with Crippen LogP contribution in [0.2, 0.25) is 0 Å². The summed E-state index contributed by atoms with van der Waals surface area (Å²) in [4.78, 5) is 24.1. The number of aliphatic hydroxyl groups excluding tert-OH is 1. The third-order valence-electron chi connectivity index (χ3n) is 2.13. The number of hydrogen-bond acceptors (Lipinski definition) is 4. The highest BCUT2D eigenvalue weighted by molar-refractivity contribution is 4.82. The molecule has 6 nitrogen and oxygen atoms in total. The van der Waals surface area contributed by atoms with Crippen LogP contribution in [0.5, 0.6) is 0 Å². The van der Waals surface area contributed by atoms with Gasteiger partial charge in [0.25, 0.3) is 5.56 Å². The van der Waals surface area contributed by atoms with Gasteiger partial charge in [-0.15, -0.1) is 0 Å². The second-order valence-corrected chi connectivity index (χ2v) is 3.84. The van der Waals surface area contributed by atoms with Crippen LogP contribution in [0.15, 0.2) is 21.9 Å². The Morgan fingerprint density at radius 2 is 2.06 bits per heavy atom. The zero-order valence-corrected chi connectivity index (χ0v) is 11.2. The maximum atomic E-state index is 11.2. The highest BCUT2D eigenvalue weighted by atomic mass is 16.5. The molecule has 0 aliphatic carbocycles. The molecule has 0 bridgehead atoms. The molecule has 0 fully saturated rings. The van der Waals surface area contributed by atoms with E-state index in [0.717, 1.165) is 0 Å². The SMILES string of the molecule is CCC.COC(CO)CCn1ccc(=O)[nH]c1=O. The van der Waals surface area contributed by atoms with E-state index in [-0.39, 0.29) is 12.7 Å². The lowest BCUT2D eigenvalue weighted by Crippen LogP contribution is -2.30. The second kappa shape index (κ2) is 9.61. The van der Waals surface area contributed by atoms with Crippen molar-refractivity contribution < 1.29 is 9.84 Å². The Labute approximate surface area is 106 Å². The molecule has 0 spiro atoms. The molecule has 0 aromatic carbocycles. The van der Waals surface area contributed by atoms with Crippen LogP contribution in [0.1, 0.15) is 26.7 Å². The number of aromatic nitrogens is 2. The van der Waals surface area contributed by atoms with E-state index in [4.69, 9.17) is 9.84 Å². The summed E-state index contributed by atoms with van der Waals surface area (Å²) in [5.74, 6) is 0. The van der Waals surface area contributed by atoms with Crippen molar-refractivity contribution in [1.82, 2.24) is 9.55 Å². The smallest absolute Gasteiger partial charge is 0.328 e. The third kappa shape index (κ3) is 6.36. The maximum Gasteiger partial charge on any atom is 0.328 e. The fourth-order valence-corrected chi connectivity index (χ4v) is 1.19. The minimum Gasteiger partial charge on any atom is -0.394 e. The van der Waals surface area contributed by atoms with E-state index < -0.39 is 11.2 Å². The van der Waals surface area contributed by atoms with Gasteiger partial charge in [0.2, 0.25) is 0 Å². The number of hydrogen-bond donors (Lipinski definition) is 2. The van der Waals surface area contributed by atoms with Crippen molar-refractivity contribution in [3.63, 3.8) is 0 Å². The number of aliphatic hydroxyl groups is 1. The van der Waals surface area contributed by atoms with Crippen LogP contribution in [-0.4, -0.2) is 34.5 Å². The number of aryl methyl sites for hydroxylation is 1. The van der Waals surface area contributed by atoms with E-state index in [0.29, 0.717) is 13.0 Å². The van der Waals surface area contributed by atoms with E-state index in [9.17, 15) is 9.59 Å². The zero-order valence-electron chi connectivity index (χ0n) is 11.2. The number of rotatable bonds is 5. The van der Waals surface area contributed by atoms with Crippen molar-refractivity contribution in [3.8, 4) is 0 Å². The molecular formula is C12H22N2O4. The molecule has 0 radical (unpaired) electrons. The third-order valence-corrected chi connectivity index (χ3v) is 2.13. The highest BCUT2D eigenvalue weighted by Gasteiger charge is 2.05. The maximum absolute atomic E-state index is 11.2. The molecule has 0 aliphatic rings. The first kappa shape index (κ1) is 16.6. The van der Waals surface area contributed by atoms with Gasteiger partial charge in [0.05, 0.1) is 12.7 Å². The van der Waals surface area contributed by atoms with Gasteiger partial charge in [0.1, 0.15) is 0 Å². The van der Waals surface area contributed by atoms with E-state index >= 15 is 0 Å². The van der Waals surface area contributed by atoms with Gasteiger partial charge in [0, 0.05) is 25.9 Å². The summed E-state index contributed by atoms with van der Waals surface area (Å²) in [6.45, 7) is 4.56. The molecule has 0 aliphatic heterocycles. The molecule has 1 rings (SSSR count). The fraction of sp³-hybridized carbons (Fsp3) is 0.667. The Bertz CT molecular complexity index is 421. The van der Waals surface area contributed by atoms with Gasteiger partial charge in [-0.1, -0.05) is 20.3 Å². The first-order valence-corrected chi connectivity index (χ1v) is 6.02. The molecule has 0 amide bonds. The van der Waals surface area contributed by atoms with Crippen LogP contribution in [-0.2, 0) is 11.3 Å². The second-order valence-electron chi connectivity index (χ2n) is 3.84. The molecule has 6 heteroatoms. The van der Waals surface area contributed by atoms with Crippen LogP contribution in [0, 0.1) is 0 Å². The number of methoxy groups -OCH3 is 1. The van der Waals surface area contributed by atoms with Crippen molar-refractivity contribution >= 4 is 0 Å². The van der Waals surface area contributed by atoms with Gasteiger partial charge >= 0.3 is 5.69 Å². The van der Waals surface area contributed by atoms with E-state index in [1.165, 1.54) is 30.4 Å². The number of ether oxygens (including phenoxy) is 1. The Morgan fingerprint density at radius 3 is 2.50 bits per heavy atom. The van der Waals surface area contributed by atoms with Gasteiger partial charge in [-0.3, -0.25) is 9.78 Å². The molecule has 0 saturated carbocycles. The number of nitrogens with zero attached hydrogens (tertiary/aromatic N) is 1. The van der Waals surface area contributed by atoms with Crippen LogP contribution < -0.4 is 11.2 Å². The minimum absolute atomic E-state index is 0.0887. The molecule has 1 aromatic heterocycles. The Balaban J connectivity index is 0.000000873. The molecule has 1 atom stereocenters. The average Bonchev–Trinajstić information content (AvgIpc) is 2.33. The highest BCUT2D eigenvalue weighted by Crippen LogP contribution is 1.97. The minimum atomic E-state index is -0.449. The predicted molar refractivity (Wildman–Crippen MR) is 69.8 cm³/mol. The molecule has 104 valence electrons. The average molecular weight is 258 g/mol. The van der Waals surface area contributed by atoms with Crippen molar-refractivity contribution in [2.75, 3.05) is 13.7 Å². The van der Waals surface area contributed by atoms with E-state index in [1.807, 2.05) is 0 Å². The Morgan fingerprint density at radius 1 is 1.44 bits per heavy atom. The molecule has 0 saturated heterocycles. The monoisotopic (exact) mass is 258 g/mol. The van der Waals surface area contributed by atoms with Gasteiger partial charge in [-0.2, -0.15) is 0 Å². The lowest BCUT2D eigenvalue weighted by Gasteiger charge is -2.12. The van der Waals surface area contributed by atoms with Gasteiger partial charge in [0.15, 0.2) is 0 Å². The van der Waals surface area contributed by atoms with Crippen molar-refractivity contribution in [3.05, 3.63) is 33.1 Å². The first-order valence-electron chi connectivity index (χ1n) is 6.02. The van der Waals surface area contributed by atoms with Crippen LogP contribution in [0.25, 0.3) is 0 Å². The summed E-state index contributed by atoms with van der Waals surface area (Å²) in [5.41, 5.74) is -0.864. The Hall–Kier alpha value is -1.40. The largest absolute Gasteiger partial charge is 0.394 e. The van der Waals surface area contributed by atoms with Crippen molar-refractivity contribution in [1.29, 1.82) is 0 Å². The van der Waals surface area contributed by atoms with Gasteiger partial charge < -0.3 is 14.4 Å². The number of nitrogens with one attached hydrogen (secondary N) is 1. The first-order chi connectivity index (χ1) is 8.58. The van der Waals surface area contributed by atoms with Gasteiger partial charge in [-0.25, -0.2) is 4.79 Å². The molecular weight excluding hydrogens is 236 g/mol. The van der Waals surface area contributed by atoms with Crippen LogP contribution in [0.4, 0.5) is 0 Å². The fourth-order valence-electron chi connectivity index (χ4n) is 1.19. The molecule has 2 N–H and O–H groups in total. The summed E-state index contributed by atoms with van der Waals surface area (Å²) < 4.78 is 6.31. The van der Waals surface area contributed by atoms with Crippen LogP contribution >= 0.6 is 0 Å². The summed E-state index contributed by atoms with van der Waals surface area (Å²) in [6, 6.07) is 1.28. The van der Waals surface area contributed by atoms with Crippen LogP contribution in [0.3, 0.4) is 0 Å². The molecule has 18 heavy (non-hydrogen) atoms. The summed E-state index contributed by atoms with van der Waals surface area (Å²) in [6.07, 6.45) is 2.90. The predicted octanol–water partition coefficient (Wildman–Crippen LogP) is 0.350.